The quantitative estimate of drug-likeness (QED) is 0.423. The molecule has 0 radical (unpaired) electrons. The molecule has 0 saturated heterocycles. The molecule has 1 aromatic carbocycles. The fourth-order valence-corrected chi connectivity index (χ4v) is 1.46. The Bertz CT molecular complexity index is 197. The highest BCUT2D eigenvalue weighted by Crippen LogP contribution is 2.19. The molecule has 0 bridgehead atoms. The Morgan fingerprint density at radius 2 is 1.90 bits per heavy atom. The van der Waals surface area contributed by atoms with Gasteiger partial charge < -0.3 is 5.73 Å². The van der Waals surface area contributed by atoms with E-state index < -0.39 is 0 Å². The molecule has 0 aliphatic carbocycles. The number of hydrogen-bond acceptors (Lipinski definition) is 2. The first kappa shape index (κ1) is 7.76. The van der Waals surface area contributed by atoms with Crippen molar-refractivity contribution in [3.8, 4) is 0 Å². The van der Waals surface area contributed by atoms with Gasteiger partial charge in [0.2, 0.25) is 0 Å². The second-order valence-electron chi connectivity index (χ2n) is 1.82. The molecule has 3 heteroatoms. The Morgan fingerprint density at radius 1 is 1.30 bits per heavy atom. The van der Waals surface area contributed by atoms with E-state index in [-0.39, 0.29) is 0 Å². The maximum atomic E-state index is 5.51. The van der Waals surface area contributed by atoms with Crippen LogP contribution in [-0.4, -0.2) is 5.21 Å². The number of anilines is 1. The van der Waals surface area contributed by atoms with E-state index in [9.17, 15) is 0 Å². The van der Waals surface area contributed by atoms with Crippen LogP contribution in [0.2, 0.25) is 0 Å². The van der Waals surface area contributed by atoms with Gasteiger partial charge in [-0.25, -0.2) is 0 Å². The van der Waals surface area contributed by atoms with E-state index in [1.807, 2.05) is 24.3 Å². The highest BCUT2D eigenvalue weighted by molar-refractivity contribution is 8.00. The van der Waals surface area contributed by atoms with Gasteiger partial charge in [0, 0.05) is 10.6 Å². The lowest BCUT2D eigenvalue weighted by atomic mass is 10.3. The highest BCUT2D eigenvalue weighted by Gasteiger charge is 1.89. The normalized spacial score (nSPS) is 9.70. The smallest absolute Gasteiger partial charge is 0.0727 e. The summed E-state index contributed by atoms with van der Waals surface area (Å²) in [6, 6.07) is 7.66. The minimum Gasteiger partial charge on any atom is -0.399 e. The summed E-state index contributed by atoms with van der Waals surface area (Å²) >= 11 is 7.10. The van der Waals surface area contributed by atoms with Crippen LogP contribution in [-0.2, 0) is 0 Å². The fourth-order valence-electron chi connectivity index (χ4n) is 0.627. The van der Waals surface area contributed by atoms with Crippen LogP contribution in [0, 0.1) is 0 Å². The Labute approximate surface area is 69.6 Å². The molecule has 0 amide bonds. The lowest BCUT2D eigenvalue weighted by molar-refractivity contribution is 1.47. The standard InChI is InChI=1S/C7H8ClNS/c8-5-10-7-3-1-6(9)2-4-7/h1-4H,5,9H2. The topological polar surface area (TPSA) is 26.0 Å². The van der Waals surface area contributed by atoms with Crippen molar-refractivity contribution < 1.29 is 0 Å². The van der Waals surface area contributed by atoms with Crippen molar-refractivity contribution in [3.05, 3.63) is 24.3 Å². The van der Waals surface area contributed by atoms with Gasteiger partial charge in [-0.1, -0.05) is 0 Å². The molecule has 0 atom stereocenters. The summed E-state index contributed by atoms with van der Waals surface area (Å²) in [6.07, 6.45) is 0. The van der Waals surface area contributed by atoms with Crippen LogP contribution < -0.4 is 5.73 Å². The summed E-state index contributed by atoms with van der Waals surface area (Å²) in [7, 11) is 0. The summed E-state index contributed by atoms with van der Waals surface area (Å²) in [5.41, 5.74) is 6.27. The van der Waals surface area contributed by atoms with Gasteiger partial charge in [0.1, 0.15) is 0 Å². The molecule has 0 spiro atoms. The lowest BCUT2D eigenvalue weighted by Gasteiger charge is -1.96. The minimum absolute atomic E-state index is 0.587. The second-order valence-corrected chi connectivity index (χ2v) is 3.46. The van der Waals surface area contributed by atoms with Crippen LogP contribution in [0.4, 0.5) is 5.69 Å². The first-order valence-electron chi connectivity index (χ1n) is 2.87. The molecule has 1 nitrogen and oxygen atoms in total. The van der Waals surface area contributed by atoms with Crippen molar-refractivity contribution in [2.75, 3.05) is 10.9 Å². The van der Waals surface area contributed by atoms with Crippen molar-refractivity contribution in [1.29, 1.82) is 0 Å². The SMILES string of the molecule is Nc1ccc(SCCl)cc1. The number of nitrogens with two attached hydrogens (primary N) is 1. The van der Waals surface area contributed by atoms with Crippen LogP contribution in [0.15, 0.2) is 29.2 Å². The number of hydrogen-bond donors (Lipinski definition) is 1. The zero-order valence-corrected chi connectivity index (χ0v) is 6.95. The molecule has 1 rings (SSSR count). The minimum atomic E-state index is 0.587. The lowest BCUT2D eigenvalue weighted by Crippen LogP contribution is -1.81. The Hall–Kier alpha value is -0.340. The van der Waals surface area contributed by atoms with Crippen LogP contribution in [0.25, 0.3) is 0 Å². The average Bonchev–Trinajstić information content (AvgIpc) is 1.95. The van der Waals surface area contributed by atoms with Gasteiger partial charge >= 0.3 is 0 Å². The molecule has 1 aromatic rings. The van der Waals surface area contributed by atoms with Gasteiger partial charge in [0.15, 0.2) is 0 Å². The summed E-state index contributed by atoms with van der Waals surface area (Å²) in [4.78, 5) is 1.16. The molecule has 0 aromatic heterocycles. The predicted molar refractivity (Wildman–Crippen MR) is 47.4 cm³/mol. The fraction of sp³-hybridized carbons (Fsp3) is 0.143. The number of rotatable bonds is 2. The van der Waals surface area contributed by atoms with Gasteiger partial charge in [0.25, 0.3) is 0 Å². The van der Waals surface area contributed by atoms with E-state index in [0.29, 0.717) is 5.21 Å². The van der Waals surface area contributed by atoms with Crippen molar-refractivity contribution in [3.63, 3.8) is 0 Å². The van der Waals surface area contributed by atoms with Crippen LogP contribution in [0.3, 0.4) is 0 Å². The number of halogens is 1. The zero-order valence-electron chi connectivity index (χ0n) is 5.38. The van der Waals surface area contributed by atoms with Crippen LogP contribution in [0.5, 0.6) is 0 Å². The maximum absolute atomic E-state index is 5.51. The van der Waals surface area contributed by atoms with Crippen molar-refractivity contribution in [2.24, 2.45) is 0 Å². The number of nitrogen functional groups attached to an aromatic ring is 1. The third-order valence-corrected chi connectivity index (χ3v) is 2.14. The maximum Gasteiger partial charge on any atom is 0.0727 e. The van der Waals surface area contributed by atoms with Crippen molar-refractivity contribution in [2.45, 2.75) is 4.90 Å². The summed E-state index contributed by atoms with van der Waals surface area (Å²) in [5.74, 6) is 0. The van der Waals surface area contributed by atoms with Crippen molar-refractivity contribution >= 4 is 29.1 Å². The molecule has 0 aliphatic heterocycles. The zero-order chi connectivity index (χ0) is 7.40. The first-order valence-corrected chi connectivity index (χ1v) is 4.39. The van der Waals surface area contributed by atoms with Crippen molar-refractivity contribution in [1.82, 2.24) is 0 Å². The van der Waals surface area contributed by atoms with Gasteiger partial charge in [-0.2, -0.15) is 0 Å². The van der Waals surface area contributed by atoms with E-state index in [4.69, 9.17) is 17.3 Å². The molecule has 0 aliphatic rings. The number of thioether (sulfide) groups is 1. The predicted octanol–water partition coefficient (Wildman–Crippen LogP) is 2.56. The Kier molecular flexibility index (Phi) is 2.90. The molecular weight excluding hydrogens is 166 g/mol. The van der Waals surface area contributed by atoms with E-state index in [2.05, 4.69) is 0 Å². The van der Waals surface area contributed by atoms with E-state index >= 15 is 0 Å². The van der Waals surface area contributed by atoms with E-state index in [1.165, 1.54) is 0 Å². The number of benzene rings is 1. The average molecular weight is 174 g/mol. The Morgan fingerprint density at radius 3 is 2.40 bits per heavy atom. The summed E-state index contributed by atoms with van der Waals surface area (Å²) in [6.45, 7) is 0. The monoisotopic (exact) mass is 173 g/mol. The molecule has 0 heterocycles. The molecule has 54 valence electrons. The van der Waals surface area contributed by atoms with Crippen LogP contribution in [0.1, 0.15) is 0 Å². The Balaban J connectivity index is 2.69. The van der Waals surface area contributed by atoms with Gasteiger partial charge in [-0.05, 0) is 24.3 Å². The third kappa shape index (κ3) is 2.12. The summed E-state index contributed by atoms with van der Waals surface area (Å²) in [5, 5.41) is 0.587. The van der Waals surface area contributed by atoms with E-state index in [1.54, 1.807) is 11.8 Å². The molecule has 0 unspecified atom stereocenters. The van der Waals surface area contributed by atoms with Crippen LogP contribution >= 0.6 is 23.4 Å². The van der Waals surface area contributed by atoms with Gasteiger partial charge in [0.05, 0.1) is 5.21 Å². The second kappa shape index (κ2) is 3.74. The third-order valence-electron chi connectivity index (χ3n) is 1.10. The first-order chi connectivity index (χ1) is 4.83. The largest absolute Gasteiger partial charge is 0.399 e. The van der Waals surface area contributed by atoms with Gasteiger partial charge in [-0.3, -0.25) is 0 Å². The summed E-state index contributed by atoms with van der Waals surface area (Å²) < 4.78 is 0. The molecule has 2 N–H and O–H groups in total. The molecule has 10 heavy (non-hydrogen) atoms. The molecular formula is C7H8ClNS. The molecule has 0 saturated carbocycles. The van der Waals surface area contributed by atoms with Gasteiger partial charge in [-0.15, -0.1) is 23.4 Å². The highest BCUT2D eigenvalue weighted by atomic mass is 35.5. The number of alkyl halides is 1. The van der Waals surface area contributed by atoms with E-state index in [0.717, 1.165) is 10.6 Å². The molecule has 0 fully saturated rings.